The molecule has 3 rings (SSSR count). The number of aromatic nitrogens is 1. The van der Waals surface area contributed by atoms with Crippen molar-refractivity contribution in [3.63, 3.8) is 0 Å². The Hall–Kier alpha value is -1.95. The molecule has 26 heavy (non-hydrogen) atoms. The SMILES string of the molecule is CCNC(=NCC1(c2cccc(F)c2)CC1)NCCc1sc(C)nc1C. The van der Waals surface area contributed by atoms with Crippen molar-refractivity contribution in [1.82, 2.24) is 15.6 Å². The minimum Gasteiger partial charge on any atom is -0.357 e. The van der Waals surface area contributed by atoms with Crippen LogP contribution in [0.1, 0.15) is 40.9 Å². The van der Waals surface area contributed by atoms with E-state index in [4.69, 9.17) is 4.99 Å². The molecule has 0 aliphatic heterocycles. The van der Waals surface area contributed by atoms with E-state index in [2.05, 4.69) is 29.5 Å². The van der Waals surface area contributed by atoms with Crippen molar-refractivity contribution in [3.05, 3.63) is 51.2 Å². The van der Waals surface area contributed by atoms with E-state index in [1.54, 1.807) is 23.5 Å². The maximum Gasteiger partial charge on any atom is 0.191 e. The predicted molar refractivity (Wildman–Crippen MR) is 107 cm³/mol. The lowest BCUT2D eigenvalue weighted by Gasteiger charge is -2.16. The molecular formula is C20H27FN4S. The molecule has 0 amide bonds. The highest BCUT2D eigenvalue weighted by Gasteiger charge is 2.44. The number of halogens is 1. The van der Waals surface area contributed by atoms with Gasteiger partial charge in [0.05, 0.1) is 17.2 Å². The van der Waals surface area contributed by atoms with Gasteiger partial charge in [0.15, 0.2) is 5.96 Å². The van der Waals surface area contributed by atoms with E-state index in [1.807, 2.05) is 13.0 Å². The van der Waals surface area contributed by atoms with E-state index in [1.165, 1.54) is 10.9 Å². The molecule has 1 saturated carbocycles. The van der Waals surface area contributed by atoms with Gasteiger partial charge < -0.3 is 10.6 Å². The van der Waals surface area contributed by atoms with E-state index in [0.29, 0.717) is 6.54 Å². The first-order chi connectivity index (χ1) is 12.5. The third kappa shape index (κ3) is 4.61. The molecule has 0 atom stereocenters. The molecule has 140 valence electrons. The maximum atomic E-state index is 13.5. The molecule has 1 aromatic heterocycles. The molecule has 4 nitrogen and oxygen atoms in total. The van der Waals surface area contributed by atoms with E-state index >= 15 is 0 Å². The Kier molecular flexibility index (Phi) is 5.91. The molecular weight excluding hydrogens is 347 g/mol. The lowest BCUT2D eigenvalue weighted by atomic mass is 9.96. The topological polar surface area (TPSA) is 49.3 Å². The molecule has 1 aliphatic carbocycles. The van der Waals surface area contributed by atoms with Crippen LogP contribution in [0.4, 0.5) is 4.39 Å². The first-order valence-corrected chi connectivity index (χ1v) is 10.1. The van der Waals surface area contributed by atoms with Gasteiger partial charge in [-0.3, -0.25) is 4.99 Å². The number of hydrogen-bond acceptors (Lipinski definition) is 3. The summed E-state index contributed by atoms with van der Waals surface area (Å²) < 4.78 is 13.5. The van der Waals surface area contributed by atoms with Crippen molar-refractivity contribution in [1.29, 1.82) is 0 Å². The summed E-state index contributed by atoms with van der Waals surface area (Å²) in [5.74, 6) is 0.659. The number of guanidine groups is 1. The van der Waals surface area contributed by atoms with Gasteiger partial charge in [-0.25, -0.2) is 9.37 Å². The first kappa shape index (κ1) is 18.8. The first-order valence-electron chi connectivity index (χ1n) is 9.23. The quantitative estimate of drug-likeness (QED) is 0.573. The molecule has 0 unspecified atom stereocenters. The summed E-state index contributed by atoms with van der Waals surface area (Å²) >= 11 is 1.76. The van der Waals surface area contributed by atoms with Gasteiger partial charge >= 0.3 is 0 Å². The van der Waals surface area contributed by atoms with Gasteiger partial charge in [0.25, 0.3) is 0 Å². The van der Waals surface area contributed by atoms with Crippen molar-refractivity contribution in [3.8, 4) is 0 Å². The van der Waals surface area contributed by atoms with Crippen LogP contribution in [0, 0.1) is 19.7 Å². The Morgan fingerprint density at radius 1 is 1.31 bits per heavy atom. The largest absolute Gasteiger partial charge is 0.357 e. The zero-order valence-corrected chi connectivity index (χ0v) is 16.5. The number of nitrogens with one attached hydrogen (secondary N) is 2. The Bertz CT molecular complexity index is 780. The number of rotatable bonds is 7. The molecule has 1 heterocycles. The van der Waals surface area contributed by atoms with Gasteiger partial charge in [-0.2, -0.15) is 0 Å². The van der Waals surface area contributed by atoms with Crippen LogP contribution in [0.5, 0.6) is 0 Å². The summed E-state index contributed by atoms with van der Waals surface area (Å²) in [4.78, 5) is 10.6. The van der Waals surface area contributed by atoms with Gasteiger partial charge in [-0.15, -0.1) is 11.3 Å². The van der Waals surface area contributed by atoms with Crippen LogP contribution in [-0.4, -0.2) is 30.6 Å². The van der Waals surface area contributed by atoms with Gasteiger partial charge in [0.1, 0.15) is 5.82 Å². The predicted octanol–water partition coefficient (Wildman–Crippen LogP) is 3.73. The fraction of sp³-hybridized carbons (Fsp3) is 0.500. The molecule has 2 N–H and O–H groups in total. The van der Waals surface area contributed by atoms with E-state index < -0.39 is 0 Å². The highest BCUT2D eigenvalue weighted by atomic mass is 32.1. The minimum absolute atomic E-state index is 0.00975. The van der Waals surface area contributed by atoms with Crippen molar-refractivity contribution < 1.29 is 4.39 Å². The second kappa shape index (κ2) is 8.16. The van der Waals surface area contributed by atoms with Crippen LogP contribution in [0.15, 0.2) is 29.3 Å². The van der Waals surface area contributed by atoms with Crippen molar-refractivity contribution >= 4 is 17.3 Å². The monoisotopic (exact) mass is 374 g/mol. The fourth-order valence-corrected chi connectivity index (χ4v) is 4.12. The van der Waals surface area contributed by atoms with Gasteiger partial charge in [0.2, 0.25) is 0 Å². The van der Waals surface area contributed by atoms with Crippen molar-refractivity contribution in [2.75, 3.05) is 19.6 Å². The van der Waals surface area contributed by atoms with E-state index in [-0.39, 0.29) is 11.2 Å². The van der Waals surface area contributed by atoms with Crippen LogP contribution >= 0.6 is 11.3 Å². The Balaban J connectivity index is 1.59. The smallest absolute Gasteiger partial charge is 0.191 e. The van der Waals surface area contributed by atoms with Crippen molar-refractivity contribution in [2.45, 2.75) is 45.4 Å². The average Bonchev–Trinajstić information content (AvgIpc) is 3.33. The van der Waals surface area contributed by atoms with Gasteiger partial charge in [0, 0.05) is 29.8 Å². The molecule has 6 heteroatoms. The molecule has 1 aromatic carbocycles. The van der Waals surface area contributed by atoms with Crippen LogP contribution in [-0.2, 0) is 11.8 Å². The Morgan fingerprint density at radius 2 is 2.12 bits per heavy atom. The van der Waals surface area contributed by atoms with Crippen LogP contribution in [0.2, 0.25) is 0 Å². The number of nitrogens with zero attached hydrogens (tertiary/aromatic N) is 2. The third-order valence-corrected chi connectivity index (χ3v) is 5.95. The molecule has 0 spiro atoms. The number of hydrogen-bond donors (Lipinski definition) is 2. The Labute approximate surface area is 159 Å². The summed E-state index contributed by atoms with van der Waals surface area (Å²) in [5.41, 5.74) is 2.20. The average molecular weight is 375 g/mol. The summed E-state index contributed by atoms with van der Waals surface area (Å²) in [5, 5.41) is 7.83. The van der Waals surface area contributed by atoms with E-state index in [0.717, 1.165) is 54.6 Å². The van der Waals surface area contributed by atoms with E-state index in [9.17, 15) is 4.39 Å². The molecule has 1 aliphatic rings. The van der Waals surface area contributed by atoms with Crippen LogP contribution in [0.3, 0.4) is 0 Å². The fourth-order valence-electron chi connectivity index (χ4n) is 3.18. The number of aryl methyl sites for hydroxylation is 2. The summed E-state index contributed by atoms with van der Waals surface area (Å²) in [6, 6.07) is 6.95. The lowest BCUT2D eigenvalue weighted by Crippen LogP contribution is -2.39. The summed E-state index contributed by atoms with van der Waals surface area (Å²) in [6.45, 7) is 8.49. The highest BCUT2D eigenvalue weighted by Crippen LogP contribution is 2.48. The number of benzene rings is 1. The molecule has 0 saturated heterocycles. The number of aliphatic imine (C=N–C) groups is 1. The van der Waals surface area contributed by atoms with Crippen LogP contribution in [0.25, 0.3) is 0 Å². The lowest BCUT2D eigenvalue weighted by molar-refractivity contribution is 0.615. The maximum absolute atomic E-state index is 13.5. The molecule has 0 bridgehead atoms. The zero-order chi connectivity index (χ0) is 18.6. The zero-order valence-electron chi connectivity index (χ0n) is 15.7. The van der Waals surface area contributed by atoms with Gasteiger partial charge in [-0.05, 0) is 51.3 Å². The third-order valence-electron chi connectivity index (χ3n) is 4.82. The molecule has 0 radical (unpaired) electrons. The molecule has 1 fully saturated rings. The Morgan fingerprint density at radius 3 is 2.73 bits per heavy atom. The summed E-state index contributed by atoms with van der Waals surface area (Å²) in [6.07, 6.45) is 3.08. The standard InChI is InChI=1S/C20H27FN4S/c1-4-22-19(23-11-8-18-14(2)25-15(3)26-18)24-13-20(9-10-20)16-6-5-7-17(21)12-16/h5-7,12H,4,8-11,13H2,1-3H3,(H2,22,23,24). The second-order valence-electron chi connectivity index (χ2n) is 6.90. The van der Waals surface area contributed by atoms with Crippen LogP contribution < -0.4 is 10.6 Å². The molecule has 2 aromatic rings. The normalized spacial score (nSPS) is 15.8. The minimum atomic E-state index is -0.169. The number of thiazole rings is 1. The van der Waals surface area contributed by atoms with Crippen molar-refractivity contribution in [2.24, 2.45) is 4.99 Å². The summed E-state index contributed by atoms with van der Waals surface area (Å²) in [7, 11) is 0. The van der Waals surface area contributed by atoms with Gasteiger partial charge in [-0.1, -0.05) is 12.1 Å². The second-order valence-corrected chi connectivity index (χ2v) is 8.19. The highest BCUT2D eigenvalue weighted by molar-refractivity contribution is 7.11.